The molecule has 1 fully saturated rings. The molecule has 7 heteroatoms. The minimum Gasteiger partial charge on any atom is -0.464 e. The number of hydrogen-bond donors (Lipinski definition) is 2. The van der Waals surface area contributed by atoms with Gasteiger partial charge in [0.05, 0.1) is 6.26 Å². The Morgan fingerprint density at radius 1 is 1.00 bits per heavy atom. The molecule has 4 rings (SSSR count). The molecule has 2 atom stereocenters. The van der Waals surface area contributed by atoms with Gasteiger partial charge in [0.15, 0.2) is 0 Å². The number of piperazine rings is 1. The van der Waals surface area contributed by atoms with Crippen LogP contribution < -0.4 is 5.48 Å². The summed E-state index contributed by atoms with van der Waals surface area (Å²) in [6.45, 7) is 6.25. The van der Waals surface area contributed by atoms with Gasteiger partial charge in [-0.2, -0.15) is 0 Å². The lowest BCUT2D eigenvalue weighted by Gasteiger charge is -2.44. The average Bonchev–Trinajstić information content (AvgIpc) is 3.36. The first-order valence-electron chi connectivity index (χ1n) is 10.7. The van der Waals surface area contributed by atoms with Gasteiger partial charge in [-0.1, -0.05) is 24.3 Å². The highest BCUT2D eigenvalue weighted by molar-refractivity contribution is 5.95. The molecule has 2 heterocycles. The first-order chi connectivity index (χ1) is 15.5. The SMILES string of the molecule is C[C@@H]1CN(C(=O)c2cccc(-c3ccco3)c2)C[C@H](C)N1Cc1ccc(C(=O)NO)cc1. The molecule has 1 aliphatic rings. The lowest BCUT2D eigenvalue weighted by molar-refractivity contribution is 0.0270. The van der Waals surface area contributed by atoms with Crippen molar-refractivity contribution < 1.29 is 19.2 Å². The van der Waals surface area contributed by atoms with Gasteiger partial charge in [-0.3, -0.25) is 19.7 Å². The Kier molecular flexibility index (Phi) is 6.39. The van der Waals surface area contributed by atoms with Gasteiger partial charge in [0.1, 0.15) is 5.76 Å². The van der Waals surface area contributed by atoms with Crippen molar-refractivity contribution in [1.82, 2.24) is 15.3 Å². The van der Waals surface area contributed by atoms with Gasteiger partial charge in [-0.05, 0) is 55.8 Å². The summed E-state index contributed by atoms with van der Waals surface area (Å²) in [5, 5.41) is 8.76. The molecule has 7 nitrogen and oxygen atoms in total. The second-order valence-electron chi connectivity index (χ2n) is 8.28. The predicted molar refractivity (Wildman–Crippen MR) is 120 cm³/mol. The van der Waals surface area contributed by atoms with Gasteiger partial charge in [-0.25, -0.2) is 5.48 Å². The summed E-state index contributed by atoms with van der Waals surface area (Å²) < 4.78 is 5.47. The van der Waals surface area contributed by atoms with Gasteiger partial charge in [0.2, 0.25) is 0 Å². The Labute approximate surface area is 187 Å². The van der Waals surface area contributed by atoms with E-state index in [1.807, 2.05) is 53.4 Å². The van der Waals surface area contributed by atoms with Crippen molar-refractivity contribution >= 4 is 11.8 Å². The Morgan fingerprint density at radius 3 is 2.34 bits per heavy atom. The van der Waals surface area contributed by atoms with Gasteiger partial charge < -0.3 is 9.32 Å². The van der Waals surface area contributed by atoms with E-state index in [4.69, 9.17) is 9.62 Å². The quantitative estimate of drug-likeness (QED) is 0.472. The highest BCUT2D eigenvalue weighted by Crippen LogP contribution is 2.24. The zero-order valence-corrected chi connectivity index (χ0v) is 18.2. The molecule has 0 aliphatic carbocycles. The van der Waals surface area contributed by atoms with E-state index >= 15 is 0 Å². The molecule has 2 amide bonds. The molecule has 1 aromatic heterocycles. The number of rotatable bonds is 5. The van der Waals surface area contributed by atoms with Crippen LogP contribution in [0.15, 0.2) is 71.3 Å². The van der Waals surface area contributed by atoms with Crippen LogP contribution in [0, 0.1) is 0 Å². The molecular formula is C25H27N3O4. The molecule has 0 bridgehead atoms. The molecule has 0 saturated carbocycles. The van der Waals surface area contributed by atoms with Crippen LogP contribution in [0.3, 0.4) is 0 Å². The van der Waals surface area contributed by atoms with Crippen molar-refractivity contribution in [1.29, 1.82) is 0 Å². The van der Waals surface area contributed by atoms with Crippen LogP contribution in [0.25, 0.3) is 11.3 Å². The normalized spacial score (nSPS) is 19.0. The maximum Gasteiger partial charge on any atom is 0.274 e. The van der Waals surface area contributed by atoms with Crippen molar-refractivity contribution in [2.75, 3.05) is 13.1 Å². The second kappa shape index (κ2) is 9.38. The number of amides is 2. The largest absolute Gasteiger partial charge is 0.464 e. The molecule has 2 N–H and O–H groups in total. The number of furan rings is 1. The van der Waals surface area contributed by atoms with Crippen LogP contribution in [0.2, 0.25) is 0 Å². The maximum absolute atomic E-state index is 13.2. The molecular weight excluding hydrogens is 406 g/mol. The molecule has 32 heavy (non-hydrogen) atoms. The van der Waals surface area contributed by atoms with E-state index < -0.39 is 5.91 Å². The minimum absolute atomic E-state index is 0.0242. The van der Waals surface area contributed by atoms with Crippen molar-refractivity contribution in [3.63, 3.8) is 0 Å². The molecule has 0 unspecified atom stereocenters. The van der Waals surface area contributed by atoms with Crippen molar-refractivity contribution in [3.05, 3.63) is 83.6 Å². The van der Waals surface area contributed by atoms with E-state index in [0.29, 0.717) is 24.2 Å². The van der Waals surface area contributed by atoms with Crippen LogP contribution in [-0.2, 0) is 6.54 Å². The van der Waals surface area contributed by atoms with Crippen LogP contribution in [0.1, 0.15) is 40.1 Å². The number of hydrogen-bond acceptors (Lipinski definition) is 5. The van der Waals surface area contributed by atoms with E-state index in [2.05, 4.69) is 18.7 Å². The standard InChI is InChI=1S/C25H27N3O4/c1-17-14-27(25(30)22-6-3-5-21(13-22)23-7-4-12-32-23)15-18(2)28(17)16-19-8-10-20(11-9-19)24(29)26-31/h3-13,17-18,31H,14-16H2,1-2H3,(H,26,29)/t17-,18+. The van der Waals surface area contributed by atoms with Crippen LogP contribution in [0.5, 0.6) is 0 Å². The van der Waals surface area contributed by atoms with Gasteiger partial charge in [-0.15, -0.1) is 0 Å². The van der Waals surface area contributed by atoms with Crippen molar-refractivity contribution in [2.24, 2.45) is 0 Å². The lowest BCUT2D eigenvalue weighted by atomic mass is 10.0. The Bertz CT molecular complexity index is 1070. The summed E-state index contributed by atoms with van der Waals surface area (Å²) in [5.74, 6) is 0.242. The average molecular weight is 434 g/mol. The molecule has 1 saturated heterocycles. The molecule has 3 aromatic rings. The monoisotopic (exact) mass is 433 g/mol. The molecule has 2 aromatic carbocycles. The van der Waals surface area contributed by atoms with E-state index in [0.717, 1.165) is 23.4 Å². The van der Waals surface area contributed by atoms with Gasteiger partial charge in [0, 0.05) is 48.4 Å². The zero-order valence-electron chi connectivity index (χ0n) is 18.2. The summed E-state index contributed by atoms with van der Waals surface area (Å²) >= 11 is 0. The number of carbonyl (C=O) groups excluding carboxylic acids is 2. The van der Waals surface area contributed by atoms with Crippen molar-refractivity contribution in [2.45, 2.75) is 32.5 Å². The summed E-state index contributed by atoms with van der Waals surface area (Å²) in [6, 6.07) is 18.8. The van der Waals surface area contributed by atoms with Gasteiger partial charge >= 0.3 is 0 Å². The third kappa shape index (κ3) is 4.59. The number of nitrogens with zero attached hydrogens (tertiary/aromatic N) is 2. The van der Waals surface area contributed by atoms with E-state index in [1.165, 1.54) is 0 Å². The Morgan fingerprint density at radius 2 is 1.72 bits per heavy atom. The summed E-state index contributed by atoms with van der Waals surface area (Å²) in [5.41, 5.74) is 4.67. The summed E-state index contributed by atoms with van der Waals surface area (Å²) in [4.78, 5) is 29.0. The smallest absolute Gasteiger partial charge is 0.274 e. The Hall–Kier alpha value is -3.42. The first-order valence-corrected chi connectivity index (χ1v) is 10.7. The fourth-order valence-corrected chi connectivity index (χ4v) is 4.30. The van der Waals surface area contributed by atoms with E-state index in [1.54, 1.807) is 23.9 Å². The highest BCUT2D eigenvalue weighted by atomic mass is 16.5. The Balaban J connectivity index is 1.43. The van der Waals surface area contributed by atoms with Crippen LogP contribution >= 0.6 is 0 Å². The topological polar surface area (TPSA) is 86.0 Å². The minimum atomic E-state index is -0.526. The van der Waals surface area contributed by atoms with Crippen LogP contribution in [0.4, 0.5) is 0 Å². The van der Waals surface area contributed by atoms with Crippen LogP contribution in [-0.4, -0.2) is 52.0 Å². The predicted octanol–water partition coefficient (Wildman–Crippen LogP) is 3.80. The number of benzene rings is 2. The molecule has 0 radical (unpaired) electrons. The number of hydroxylamine groups is 1. The fourth-order valence-electron chi connectivity index (χ4n) is 4.30. The third-order valence-corrected chi connectivity index (χ3v) is 5.99. The van der Waals surface area contributed by atoms with E-state index in [9.17, 15) is 9.59 Å². The molecule has 0 spiro atoms. The summed E-state index contributed by atoms with van der Waals surface area (Å²) in [7, 11) is 0. The second-order valence-corrected chi connectivity index (χ2v) is 8.28. The van der Waals surface area contributed by atoms with Gasteiger partial charge in [0.25, 0.3) is 11.8 Å². The molecule has 1 aliphatic heterocycles. The van der Waals surface area contributed by atoms with E-state index in [-0.39, 0.29) is 18.0 Å². The molecule has 166 valence electrons. The lowest BCUT2D eigenvalue weighted by Crippen LogP contribution is -2.57. The number of carbonyl (C=O) groups is 2. The third-order valence-electron chi connectivity index (χ3n) is 5.99. The first kappa shape index (κ1) is 21.8. The maximum atomic E-state index is 13.2. The summed E-state index contributed by atoms with van der Waals surface area (Å²) in [6.07, 6.45) is 1.63. The van der Waals surface area contributed by atoms with Crippen molar-refractivity contribution in [3.8, 4) is 11.3 Å². The number of nitrogens with one attached hydrogen (secondary N) is 1. The fraction of sp³-hybridized carbons (Fsp3) is 0.280. The highest BCUT2D eigenvalue weighted by Gasteiger charge is 2.32. The zero-order chi connectivity index (χ0) is 22.7.